The van der Waals surface area contributed by atoms with E-state index in [1.165, 1.54) is 5.56 Å². The third-order valence-electron chi connectivity index (χ3n) is 3.29. The van der Waals surface area contributed by atoms with Gasteiger partial charge in [0.25, 0.3) is 0 Å². The SMILES string of the molecule is Cc1[nH]ncc1CCCNC(=O)C1CCNC1. The van der Waals surface area contributed by atoms with Crippen molar-refractivity contribution < 1.29 is 4.79 Å². The van der Waals surface area contributed by atoms with Crippen LogP contribution in [-0.4, -0.2) is 35.7 Å². The number of amides is 1. The van der Waals surface area contributed by atoms with Crippen molar-refractivity contribution >= 4 is 5.91 Å². The molecule has 0 saturated carbocycles. The Hall–Kier alpha value is -1.36. The summed E-state index contributed by atoms with van der Waals surface area (Å²) in [7, 11) is 0. The predicted octanol–water partition coefficient (Wildman–Crippen LogP) is 0.376. The van der Waals surface area contributed by atoms with Crippen LogP contribution in [0.4, 0.5) is 0 Å². The summed E-state index contributed by atoms with van der Waals surface area (Å²) in [6, 6.07) is 0. The number of aryl methyl sites for hydroxylation is 2. The number of H-pyrrole nitrogens is 1. The molecule has 1 aromatic heterocycles. The van der Waals surface area contributed by atoms with Gasteiger partial charge >= 0.3 is 0 Å². The van der Waals surface area contributed by atoms with Gasteiger partial charge < -0.3 is 10.6 Å². The Morgan fingerprint density at radius 2 is 2.53 bits per heavy atom. The fraction of sp³-hybridized carbons (Fsp3) is 0.667. The van der Waals surface area contributed by atoms with Gasteiger partial charge in [-0.2, -0.15) is 5.10 Å². The van der Waals surface area contributed by atoms with Crippen LogP contribution in [0, 0.1) is 12.8 Å². The van der Waals surface area contributed by atoms with Crippen LogP contribution in [0.25, 0.3) is 0 Å². The molecule has 1 atom stereocenters. The summed E-state index contributed by atoms with van der Waals surface area (Å²) in [5.41, 5.74) is 2.36. The highest BCUT2D eigenvalue weighted by Gasteiger charge is 2.21. The van der Waals surface area contributed by atoms with E-state index in [1.54, 1.807) is 0 Å². The second-order valence-corrected chi connectivity index (χ2v) is 4.60. The summed E-state index contributed by atoms with van der Waals surface area (Å²) in [6.07, 6.45) is 4.75. The molecule has 1 unspecified atom stereocenters. The van der Waals surface area contributed by atoms with Crippen molar-refractivity contribution in [3.05, 3.63) is 17.5 Å². The van der Waals surface area contributed by atoms with E-state index in [0.29, 0.717) is 0 Å². The van der Waals surface area contributed by atoms with Crippen molar-refractivity contribution in [3.8, 4) is 0 Å². The second kappa shape index (κ2) is 5.82. The average Bonchev–Trinajstić information content (AvgIpc) is 2.96. The number of aromatic nitrogens is 2. The zero-order valence-electron chi connectivity index (χ0n) is 10.3. The maximum absolute atomic E-state index is 11.7. The molecular formula is C12H20N4O. The summed E-state index contributed by atoms with van der Waals surface area (Å²) in [5.74, 6) is 0.365. The van der Waals surface area contributed by atoms with E-state index in [1.807, 2.05) is 13.1 Å². The fourth-order valence-electron chi connectivity index (χ4n) is 2.14. The van der Waals surface area contributed by atoms with E-state index in [-0.39, 0.29) is 11.8 Å². The van der Waals surface area contributed by atoms with Gasteiger partial charge in [0.1, 0.15) is 0 Å². The minimum absolute atomic E-state index is 0.172. The number of carbonyl (C=O) groups is 1. The Bertz CT molecular complexity index is 368. The number of hydrogen-bond donors (Lipinski definition) is 3. The molecule has 94 valence electrons. The Balaban J connectivity index is 1.63. The third kappa shape index (κ3) is 3.30. The zero-order chi connectivity index (χ0) is 12.1. The van der Waals surface area contributed by atoms with Gasteiger partial charge in [0.05, 0.1) is 12.1 Å². The van der Waals surface area contributed by atoms with Crippen molar-refractivity contribution in [2.24, 2.45) is 5.92 Å². The van der Waals surface area contributed by atoms with Crippen LogP contribution in [0.5, 0.6) is 0 Å². The normalized spacial score (nSPS) is 19.5. The number of hydrogen-bond acceptors (Lipinski definition) is 3. The molecule has 1 saturated heterocycles. The molecule has 2 rings (SSSR count). The lowest BCUT2D eigenvalue weighted by atomic mass is 10.1. The molecule has 5 heteroatoms. The standard InChI is InChI=1S/C12H20N4O/c1-9-10(8-15-16-9)3-2-5-14-12(17)11-4-6-13-7-11/h8,11,13H,2-7H2,1H3,(H,14,17)(H,15,16). The molecule has 0 aromatic carbocycles. The molecule has 0 bridgehead atoms. The van der Waals surface area contributed by atoms with Gasteiger partial charge in [0.15, 0.2) is 0 Å². The molecule has 0 spiro atoms. The maximum Gasteiger partial charge on any atom is 0.224 e. The van der Waals surface area contributed by atoms with Crippen LogP contribution >= 0.6 is 0 Å². The van der Waals surface area contributed by atoms with Crippen LogP contribution in [0.2, 0.25) is 0 Å². The largest absolute Gasteiger partial charge is 0.356 e. The van der Waals surface area contributed by atoms with Gasteiger partial charge in [-0.05, 0) is 38.3 Å². The van der Waals surface area contributed by atoms with E-state index < -0.39 is 0 Å². The van der Waals surface area contributed by atoms with Gasteiger partial charge in [0, 0.05) is 18.8 Å². The van der Waals surface area contributed by atoms with Crippen LogP contribution in [-0.2, 0) is 11.2 Å². The molecule has 5 nitrogen and oxygen atoms in total. The summed E-state index contributed by atoms with van der Waals surface area (Å²) in [4.78, 5) is 11.7. The Kier molecular flexibility index (Phi) is 4.14. The van der Waals surface area contributed by atoms with Crippen LogP contribution in [0.1, 0.15) is 24.1 Å². The lowest BCUT2D eigenvalue weighted by molar-refractivity contribution is -0.124. The first kappa shape index (κ1) is 12.1. The van der Waals surface area contributed by atoms with Gasteiger partial charge in [-0.1, -0.05) is 0 Å². The molecule has 0 radical (unpaired) electrons. The highest BCUT2D eigenvalue weighted by Crippen LogP contribution is 2.08. The molecule has 1 aromatic rings. The first-order chi connectivity index (χ1) is 8.27. The van der Waals surface area contributed by atoms with Gasteiger partial charge in [-0.25, -0.2) is 0 Å². The minimum Gasteiger partial charge on any atom is -0.356 e. The van der Waals surface area contributed by atoms with Gasteiger partial charge in [-0.15, -0.1) is 0 Å². The van der Waals surface area contributed by atoms with Gasteiger partial charge in [-0.3, -0.25) is 9.89 Å². The maximum atomic E-state index is 11.7. The molecule has 0 aliphatic carbocycles. The molecule has 3 N–H and O–H groups in total. The second-order valence-electron chi connectivity index (χ2n) is 4.60. The van der Waals surface area contributed by atoms with Crippen LogP contribution < -0.4 is 10.6 Å². The highest BCUT2D eigenvalue weighted by molar-refractivity contribution is 5.79. The van der Waals surface area contributed by atoms with Crippen molar-refractivity contribution in [1.82, 2.24) is 20.8 Å². The fourth-order valence-corrected chi connectivity index (χ4v) is 2.14. The lowest BCUT2D eigenvalue weighted by Crippen LogP contribution is -2.32. The molecule has 2 heterocycles. The Labute approximate surface area is 101 Å². The number of carbonyl (C=O) groups excluding carboxylic acids is 1. The number of rotatable bonds is 5. The highest BCUT2D eigenvalue weighted by atomic mass is 16.1. The number of nitrogens with one attached hydrogen (secondary N) is 3. The zero-order valence-corrected chi connectivity index (χ0v) is 10.3. The molecule has 1 fully saturated rings. The van der Waals surface area contributed by atoms with E-state index in [0.717, 1.165) is 44.6 Å². The Morgan fingerprint density at radius 1 is 1.65 bits per heavy atom. The predicted molar refractivity (Wildman–Crippen MR) is 65.6 cm³/mol. The average molecular weight is 236 g/mol. The summed E-state index contributed by atoms with van der Waals surface area (Å²) < 4.78 is 0. The first-order valence-electron chi connectivity index (χ1n) is 6.24. The first-order valence-corrected chi connectivity index (χ1v) is 6.24. The third-order valence-corrected chi connectivity index (χ3v) is 3.29. The molecule has 1 aliphatic heterocycles. The molecule has 1 aliphatic rings. The lowest BCUT2D eigenvalue weighted by Gasteiger charge is -2.09. The van der Waals surface area contributed by atoms with Crippen LogP contribution in [0.3, 0.4) is 0 Å². The summed E-state index contributed by atoms with van der Waals surface area (Å²) in [5, 5.41) is 13.1. The van der Waals surface area contributed by atoms with Gasteiger partial charge in [0.2, 0.25) is 5.91 Å². The van der Waals surface area contributed by atoms with E-state index >= 15 is 0 Å². The minimum atomic E-state index is 0.172. The van der Waals surface area contributed by atoms with Crippen LogP contribution in [0.15, 0.2) is 6.20 Å². The summed E-state index contributed by atoms with van der Waals surface area (Å²) >= 11 is 0. The molecule has 17 heavy (non-hydrogen) atoms. The Morgan fingerprint density at radius 3 is 3.18 bits per heavy atom. The quantitative estimate of drug-likeness (QED) is 0.647. The monoisotopic (exact) mass is 236 g/mol. The van der Waals surface area contributed by atoms with Crippen molar-refractivity contribution in [1.29, 1.82) is 0 Å². The topological polar surface area (TPSA) is 69.8 Å². The number of nitrogens with zero attached hydrogens (tertiary/aromatic N) is 1. The van der Waals surface area contributed by atoms with Crippen molar-refractivity contribution in [2.45, 2.75) is 26.2 Å². The van der Waals surface area contributed by atoms with Crippen molar-refractivity contribution in [2.75, 3.05) is 19.6 Å². The smallest absolute Gasteiger partial charge is 0.224 e. The molecule has 1 amide bonds. The number of aromatic amines is 1. The van der Waals surface area contributed by atoms with E-state index in [9.17, 15) is 4.79 Å². The summed E-state index contributed by atoms with van der Waals surface area (Å²) in [6.45, 7) is 4.56. The van der Waals surface area contributed by atoms with Crippen molar-refractivity contribution in [3.63, 3.8) is 0 Å². The van der Waals surface area contributed by atoms with E-state index in [4.69, 9.17) is 0 Å². The molecular weight excluding hydrogens is 216 g/mol. The van der Waals surface area contributed by atoms with E-state index in [2.05, 4.69) is 20.8 Å².